The first-order valence-corrected chi connectivity index (χ1v) is 14.5. The van der Waals surface area contributed by atoms with Crippen LogP contribution in [0.4, 0.5) is 5.13 Å². The first-order valence-electron chi connectivity index (χ1n) is 12.3. The molecule has 0 aliphatic carbocycles. The van der Waals surface area contributed by atoms with Gasteiger partial charge in [0.15, 0.2) is 5.13 Å². The number of fused-ring (bicyclic) bond motifs is 1. The molecular weight excluding hydrogens is 504 g/mol. The summed E-state index contributed by atoms with van der Waals surface area (Å²) < 4.78 is 28.5. The molecule has 0 N–H and O–H groups in total. The first kappa shape index (κ1) is 25.4. The summed E-state index contributed by atoms with van der Waals surface area (Å²) in [5.41, 5.74) is 4.91. The summed E-state index contributed by atoms with van der Waals surface area (Å²) in [5, 5.41) is 0.991. The molecule has 1 aliphatic rings. The molecule has 1 aliphatic heterocycles. The number of piperazine rings is 1. The fourth-order valence-corrected chi connectivity index (χ4v) is 6.74. The van der Waals surface area contributed by atoms with Crippen molar-refractivity contribution in [3.05, 3.63) is 89.0 Å². The average molecular weight is 535 g/mol. The molecule has 4 aromatic rings. The second-order valence-corrected chi connectivity index (χ2v) is 12.5. The van der Waals surface area contributed by atoms with Gasteiger partial charge >= 0.3 is 0 Å². The number of aromatic nitrogens is 1. The topological polar surface area (TPSA) is 73.8 Å². The molecule has 0 atom stereocenters. The maximum absolute atomic E-state index is 13.1. The van der Waals surface area contributed by atoms with Crippen molar-refractivity contribution in [2.24, 2.45) is 0 Å². The van der Waals surface area contributed by atoms with Crippen LogP contribution in [0.25, 0.3) is 10.2 Å². The summed E-state index contributed by atoms with van der Waals surface area (Å²) in [4.78, 5) is 22.3. The second kappa shape index (κ2) is 10.2. The maximum Gasteiger partial charge on any atom is 0.253 e. The minimum absolute atomic E-state index is 0.0861. The molecule has 7 nitrogen and oxygen atoms in total. The van der Waals surface area contributed by atoms with Gasteiger partial charge in [-0.15, -0.1) is 0 Å². The maximum atomic E-state index is 13.1. The molecule has 3 aromatic carbocycles. The standard InChI is InChI=1S/C28H30N4O3S2/c1-20-9-14-25-26(21(20)2)29-28(36-25)32-17-15-31(16-18-32)27(33)23-10-12-24(13-11-23)37(34,35)30(3)19-22-7-5-4-6-8-22/h4-14H,15-19H2,1-3H3. The fourth-order valence-electron chi connectivity index (χ4n) is 4.51. The van der Waals surface area contributed by atoms with Crippen LogP contribution in [0.15, 0.2) is 71.6 Å². The number of anilines is 1. The average Bonchev–Trinajstić information content (AvgIpc) is 3.36. The summed E-state index contributed by atoms with van der Waals surface area (Å²) in [7, 11) is -2.10. The molecule has 5 rings (SSSR count). The summed E-state index contributed by atoms with van der Waals surface area (Å²) in [5.74, 6) is -0.0861. The molecule has 1 aromatic heterocycles. The van der Waals surface area contributed by atoms with E-state index in [0.29, 0.717) is 31.7 Å². The van der Waals surface area contributed by atoms with Gasteiger partial charge in [0.2, 0.25) is 10.0 Å². The number of thiazole rings is 1. The highest BCUT2D eigenvalue weighted by Crippen LogP contribution is 2.32. The van der Waals surface area contributed by atoms with Gasteiger partial charge in [-0.1, -0.05) is 47.7 Å². The Morgan fingerprint density at radius 2 is 1.62 bits per heavy atom. The predicted octanol–water partition coefficient (Wildman–Crippen LogP) is 4.70. The monoisotopic (exact) mass is 534 g/mol. The van der Waals surface area contributed by atoms with Crippen molar-refractivity contribution in [3.63, 3.8) is 0 Å². The fraction of sp³-hybridized carbons (Fsp3) is 0.286. The molecule has 0 radical (unpaired) electrons. The van der Waals surface area contributed by atoms with Crippen molar-refractivity contribution in [3.8, 4) is 0 Å². The SMILES string of the molecule is Cc1ccc2sc(N3CCN(C(=O)c4ccc(S(=O)(=O)N(C)Cc5ccccc5)cc4)CC3)nc2c1C. The molecule has 0 spiro atoms. The Labute approximate surface area is 222 Å². The lowest BCUT2D eigenvalue weighted by molar-refractivity contribution is 0.0746. The van der Waals surface area contributed by atoms with Gasteiger partial charge in [-0.05, 0) is 60.9 Å². The number of amides is 1. The molecule has 1 fully saturated rings. The minimum atomic E-state index is -3.66. The van der Waals surface area contributed by atoms with E-state index < -0.39 is 10.0 Å². The van der Waals surface area contributed by atoms with Gasteiger partial charge in [0, 0.05) is 45.3 Å². The third kappa shape index (κ3) is 5.12. The van der Waals surface area contributed by atoms with Crippen molar-refractivity contribution in [1.29, 1.82) is 0 Å². The Balaban J connectivity index is 1.22. The van der Waals surface area contributed by atoms with E-state index >= 15 is 0 Å². The summed E-state index contributed by atoms with van der Waals surface area (Å²) in [6.45, 7) is 7.08. The van der Waals surface area contributed by atoms with E-state index in [1.54, 1.807) is 30.5 Å². The Kier molecular flexibility index (Phi) is 7.02. The normalized spacial score (nSPS) is 14.5. The number of nitrogens with zero attached hydrogens (tertiary/aromatic N) is 4. The molecule has 9 heteroatoms. The van der Waals surface area contributed by atoms with Crippen LogP contribution in [0.5, 0.6) is 0 Å². The van der Waals surface area contributed by atoms with E-state index in [2.05, 4.69) is 30.9 Å². The molecule has 0 bridgehead atoms. The Morgan fingerprint density at radius 3 is 2.30 bits per heavy atom. The molecule has 37 heavy (non-hydrogen) atoms. The van der Waals surface area contributed by atoms with Crippen LogP contribution in [0.2, 0.25) is 0 Å². The third-order valence-electron chi connectivity index (χ3n) is 6.97. The quantitative estimate of drug-likeness (QED) is 0.359. The predicted molar refractivity (Wildman–Crippen MR) is 149 cm³/mol. The molecule has 1 amide bonds. The van der Waals surface area contributed by atoms with Crippen molar-refractivity contribution in [2.45, 2.75) is 25.3 Å². The summed E-state index contributed by atoms with van der Waals surface area (Å²) in [6, 6.07) is 20.0. The lowest BCUT2D eigenvalue weighted by Crippen LogP contribution is -2.48. The van der Waals surface area contributed by atoms with Crippen LogP contribution in [0.3, 0.4) is 0 Å². The van der Waals surface area contributed by atoms with E-state index in [1.165, 1.54) is 32.3 Å². The van der Waals surface area contributed by atoms with Crippen molar-refractivity contribution in [1.82, 2.24) is 14.2 Å². The van der Waals surface area contributed by atoms with Crippen LogP contribution < -0.4 is 4.90 Å². The summed E-state index contributed by atoms with van der Waals surface area (Å²) >= 11 is 1.69. The zero-order valence-electron chi connectivity index (χ0n) is 21.2. The van der Waals surface area contributed by atoms with Crippen LogP contribution in [-0.2, 0) is 16.6 Å². The number of rotatable bonds is 6. The van der Waals surface area contributed by atoms with Crippen LogP contribution in [0.1, 0.15) is 27.0 Å². The van der Waals surface area contributed by atoms with Crippen molar-refractivity contribution < 1.29 is 13.2 Å². The minimum Gasteiger partial charge on any atom is -0.345 e. The highest BCUT2D eigenvalue weighted by Gasteiger charge is 2.26. The van der Waals surface area contributed by atoms with E-state index in [9.17, 15) is 13.2 Å². The Bertz CT molecular complexity index is 1530. The number of hydrogen-bond donors (Lipinski definition) is 0. The van der Waals surface area contributed by atoms with E-state index in [4.69, 9.17) is 4.98 Å². The van der Waals surface area contributed by atoms with Gasteiger partial charge in [-0.2, -0.15) is 4.31 Å². The van der Waals surface area contributed by atoms with Gasteiger partial charge < -0.3 is 9.80 Å². The number of carbonyl (C=O) groups is 1. The zero-order chi connectivity index (χ0) is 26.2. The molecule has 0 saturated carbocycles. The highest BCUT2D eigenvalue weighted by molar-refractivity contribution is 7.89. The Hall–Kier alpha value is -3.27. The largest absolute Gasteiger partial charge is 0.345 e. The van der Waals surface area contributed by atoms with Gasteiger partial charge in [-0.25, -0.2) is 13.4 Å². The van der Waals surface area contributed by atoms with E-state index in [-0.39, 0.29) is 17.3 Å². The number of carbonyl (C=O) groups excluding carboxylic acids is 1. The third-order valence-corrected chi connectivity index (χ3v) is 9.87. The first-order chi connectivity index (χ1) is 17.7. The van der Waals surface area contributed by atoms with E-state index in [1.807, 2.05) is 35.2 Å². The molecular formula is C28H30N4O3S2. The van der Waals surface area contributed by atoms with Crippen molar-refractivity contribution in [2.75, 3.05) is 38.1 Å². The molecule has 192 valence electrons. The number of benzene rings is 3. The molecule has 0 unspecified atom stereocenters. The highest BCUT2D eigenvalue weighted by atomic mass is 32.2. The van der Waals surface area contributed by atoms with Crippen LogP contribution in [0, 0.1) is 13.8 Å². The number of aryl methyl sites for hydroxylation is 2. The van der Waals surface area contributed by atoms with Gasteiger partial charge in [0.1, 0.15) is 0 Å². The van der Waals surface area contributed by atoms with E-state index in [0.717, 1.165) is 16.2 Å². The number of hydrogen-bond acceptors (Lipinski definition) is 6. The Morgan fingerprint density at radius 1 is 0.946 bits per heavy atom. The smallest absolute Gasteiger partial charge is 0.253 e. The van der Waals surface area contributed by atoms with Crippen molar-refractivity contribution >= 4 is 42.6 Å². The van der Waals surface area contributed by atoms with Gasteiger partial charge in [-0.3, -0.25) is 4.79 Å². The van der Waals surface area contributed by atoms with Crippen LogP contribution >= 0.6 is 11.3 Å². The lowest BCUT2D eigenvalue weighted by atomic mass is 10.1. The van der Waals surface area contributed by atoms with Gasteiger partial charge in [0.05, 0.1) is 15.1 Å². The van der Waals surface area contributed by atoms with Crippen LogP contribution in [-0.4, -0.2) is 61.7 Å². The molecule has 2 heterocycles. The molecule has 1 saturated heterocycles. The number of sulfonamides is 1. The second-order valence-electron chi connectivity index (χ2n) is 9.40. The summed E-state index contributed by atoms with van der Waals surface area (Å²) in [6.07, 6.45) is 0. The van der Waals surface area contributed by atoms with Gasteiger partial charge in [0.25, 0.3) is 5.91 Å². The lowest BCUT2D eigenvalue weighted by Gasteiger charge is -2.34. The zero-order valence-corrected chi connectivity index (χ0v) is 22.8.